The van der Waals surface area contributed by atoms with Crippen molar-refractivity contribution in [1.29, 1.82) is 0 Å². The number of nitrogens with zero attached hydrogens (tertiary/aromatic N) is 2. The minimum absolute atomic E-state index is 0.0297. The maximum Gasteiger partial charge on any atom is 0.272 e. The standard InChI is InChI=1S/C21H29N5O4S/c1-6-12(19(28)24-21(3,4)5)26(13-10-8-9-11-14(13)30-7-2)20(29)17-15(22)16(18(23)27)25-31-17/h8-12H,6-7,22H2,1-5H3,(H2,23,27)(H,24,28). The van der Waals surface area contributed by atoms with Crippen LogP contribution >= 0.6 is 11.5 Å². The number of carbonyl (C=O) groups excluding carboxylic acids is 3. The van der Waals surface area contributed by atoms with E-state index in [0.717, 1.165) is 11.5 Å². The van der Waals surface area contributed by atoms with Gasteiger partial charge in [-0.2, -0.15) is 4.37 Å². The third kappa shape index (κ3) is 5.52. The molecule has 1 unspecified atom stereocenters. The second kappa shape index (κ2) is 9.78. The minimum atomic E-state index is -0.855. The quantitative estimate of drug-likeness (QED) is 0.568. The Morgan fingerprint density at radius 3 is 2.39 bits per heavy atom. The van der Waals surface area contributed by atoms with Gasteiger partial charge in [0, 0.05) is 5.54 Å². The molecule has 9 nitrogen and oxygen atoms in total. The van der Waals surface area contributed by atoms with Crippen molar-refractivity contribution in [3.63, 3.8) is 0 Å². The fraction of sp³-hybridized carbons (Fsp3) is 0.429. The first-order valence-corrected chi connectivity index (χ1v) is 10.7. The van der Waals surface area contributed by atoms with Gasteiger partial charge >= 0.3 is 0 Å². The van der Waals surface area contributed by atoms with Crippen molar-refractivity contribution in [2.75, 3.05) is 17.2 Å². The van der Waals surface area contributed by atoms with Crippen LogP contribution in [0.1, 0.15) is 61.2 Å². The monoisotopic (exact) mass is 447 g/mol. The van der Waals surface area contributed by atoms with E-state index in [-0.39, 0.29) is 22.2 Å². The van der Waals surface area contributed by atoms with Crippen molar-refractivity contribution in [2.24, 2.45) is 5.73 Å². The lowest BCUT2D eigenvalue weighted by atomic mass is 10.1. The molecular weight excluding hydrogens is 418 g/mol. The van der Waals surface area contributed by atoms with Crippen LogP contribution in [0.25, 0.3) is 0 Å². The summed E-state index contributed by atoms with van der Waals surface area (Å²) in [6.45, 7) is 9.58. The van der Waals surface area contributed by atoms with Crippen LogP contribution in [0.15, 0.2) is 24.3 Å². The highest BCUT2D eigenvalue weighted by molar-refractivity contribution is 7.09. The lowest BCUT2D eigenvalue weighted by Crippen LogP contribution is -2.54. The SMILES string of the molecule is CCOc1ccccc1N(C(=O)c1snc(C(N)=O)c1N)C(CC)C(=O)NC(C)(C)C. The van der Waals surface area contributed by atoms with Crippen molar-refractivity contribution in [3.05, 3.63) is 34.8 Å². The van der Waals surface area contributed by atoms with Crippen LogP contribution in [0, 0.1) is 0 Å². The highest BCUT2D eigenvalue weighted by Gasteiger charge is 2.36. The van der Waals surface area contributed by atoms with Crippen molar-refractivity contribution in [3.8, 4) is 5.75 Å². The number of nitrogen functional groups attached to an aromatic ring is 1. The van der Waals surface area contributed by atoms with Gasteiger partial charge in [-0.05, 0) is 57.8 Å². The van der Waals surface area contributed by atoms with Crippen LogP contribution in [-0.4, -0.2) is 40.3 Å². The van der Waals surface area contributed by atoms with E-state index in [9.17, 15) is 14.4 Å². The average molecular weight is 448 g/mol. The predicted molar refractivity (Wildman–Crippen MR) is 121 cm³/mol. The highest BCUT2D eigenvalue weighted by Crippen LogP contribution is 2.34. The van der Waals surface area contributed by atoms with Crippen molar-refractivity contribution in [1.82, 2.24) is 9.69 Å². The van der Waals surface area contributed by atoms with Crippen LogP contribution in [0.4, 0.5) is 11.4 Å². The summed E-state index contributed by atoms with van der Waals surface area (Å²) in [5, 5.41) is 2.93. The summed E-state index contributed by atoms with van der Waals surface area (Å²) in [6, 6.07) is 6.09. The summed E-state index contributed by atoms with van der Waals surface area (Å²) < 4.78 is 9.63. The van der Waals surface area contributed by atoms with Crippen LogP contribution in [-0.2, 0) is 4.79 Å². The van der Waals surface area contributed by atoms with Gasteiger partial charge in [0.2, 0.25) is 5.91 Å². The molecule has 0 aliphatic heterocycles. The molecule has 1 aromatic heterocycles. The summed E-state index contributed by atoms with van der Waals surface area (Å²) in [5.74, 6) is -1.27. The Morgan fingerprint density at radius 1 is 1.23 bits per heavy atom. The number of carbonyl (C=O) groups is 3. The number of hydrogen-bond acceptors (Lipinski definition) is 7. The highest BCUT2D eigenvalue weighted by atomic mass is 32.1. The molecular formula is C21H29N5O4S. The topological polar surface area (TPSA) is 141 Å². The van der Waals surface area contributed by atoms with Gasteiger partial charge in [-0.3, -0.25) is 19.3 Å². The molecule has 1 aromatic carbocycles. The van der Waals surface area contributed by atoms with E-state index in [1.165, 1.54) is 4.90 Å². The van der Waals surface area contributed by atoms with Gasteiger partial charge in [-0.15, -0.1) is 0 Å². The number of primary amides is 1. The number of anilines is 2. The van der Waals surface area contributed by atoms with Crippen molar-refractivity contribution < 1.29 is 19.1 Å². The summed E-state index contributed by atoms with van der Waals surface area (Å²) in [4.78, 5) is 39.7. The number of benzene rings is 1. The van der Waals surface area contributed by atoms with E-state index in [0.29, 0.717) is 24.5 Å². The minimum Gasteiger partial charge on any atom is -0.492 e. The van der Waals surface area contributed by atoms with Gasteiger partial charge in [-0.25, -0.2) is 0 Å². The molecule has 0 aliphatic carbocycles. The van der Waals surface area contributed by atoms with E-state index >= 15 is 0 Å². The summed E-state index contributed by atoms with van der Waals surface area (Å²) >= 11 is 0.768. The lowest BCUT2D eigenvalue weighted by Gasteiger charge is -2.33. The molecule has 10 heteroatoms. The Labute approximate surface area is 185 Å². The number of para-hydroxylation sites is 2. The third-order valence-corrected chi connectivity index (χ3v) is 5.15. The molecule has 3 amide bonds. The predicted octanol–water partition coefficient (Wildman–Crippen LogP) is 2.56. The molecule has 1 heterocycles. The lowest BCUT2D eigenvalue weighted by molar-refractivity contribution is -0.123. The Morgan fingerprint density at radius 2 is 1.87 bits per heavy atom. The van der Waals surface area contributed by atoms with Gasteiger partial charge in [0.1, 0.15) is 16.7 Å². The number of hydrogen-bond donors (Lipinski definition) is 3. The Kier molecular flexibility index (Phi) is 7.61. The molecule has 0 spiro atoms. The van der Waals surface area contributed by atoms with Crippen molar-refractivity contribution >= 4 is 40.6 Å². The molecule has 0 fully saturated rings. The molecule has 0 bridgehead atoms. The second-order valence-corrected chi connectivity index (χ2v) is 8.65. The number of nitrogens with two attached hydrogens (primary N) is 2. The van der Waals surface area contributed by atoms with E-state index in [1.54, 1.807) is 31.2 Å². The number of rotatable bonds is 8. The van der Waals surface area contributed by atoms with Gasteiger partial charge in [0.25, 0.3) is 11.8 Å². The van der Waals surface area contributed by atoms with Crippen LogP contribution < -0.4 is 26.4 Å². The second-order valence-electron chi connectivity index (χ2n) is 7.88. The van der Waals surface area contributed by atoms with Crippen molar-refractivity contribution in [2.45, 2.75) is 52.6 Å². The largest absolute Gasteiger partial charge is 0.492 e. The number of amides is 3. The zero-order valence-corrected chi connectivity index (χ0v) is 19.2. The maximum absolute atomic E-state index is 13.7. The van der Waals surface area contributed by atoms with E-state index < -0.39 is 23.4 Å². The van der Waals surface area contributed by atoms with Gasteiger partial charge < -0.3 is 21.5 Å². The molecule has 0 aliphatic rings. The summed E-state index contributed by atoms with van der Waals surface area (Å²) in [7, 11) is 0. The average Bonchev–Trinajstić information content (AvgIpc) is 3.06. The Hall–Kier alpha value is -3.14. The van der Waals surface area contributed by atoms with Gasteiger partial charge in [0.15, 0.2) is 5.69 Å². The Balaban J connectivity index is 2.64. The first kappa shape index (κ1) is 24.1. The van der Waals surface area contributed by atoms with E-state index in [2.05, 4.69) is 9.69 Å². The molecule has 5 N–H and O–H groups in total. The molecule has 168 valence electrons. The Bertz CT molecular complexity index is 967. The van der Waals surface area contributed by atoms with Crippen LogP contribution in [0.3, 0.4) is 0 Å². The zero-order chi connectivity index (χ0) is 23.3. The number of aromatic nitrogens is 1. The first-order chi connectivity index (χ1) is 14.5. The fourth-order valence-electron chi connectivity index (χ4n) is 3.03. The number of nitrogens with one attached hydrogen (secondary N) is 1. The summed E-state index contributed by atoms with van der Waals surface area (Å²) in [6.07, 6.45) is 0.329. The molecule has 0 saturated heterocycles. The van der Waals surface area contributed by atoms with E-state index in [4.69, 9.17) is 16.2 Å². The third-order valence-electron chi connectivity index (χ3n) is 4.30. The summed E-state index contributed by atoms with van der Waals surface area (Å²) in [5.41, 5.74) is 10.9. The fourth-order valence-corrected chi connectivity index (χ4v) is 3.77. The number of ether oxygens (including phenoxy) is 1. The molecule has 2 rings (SSSR count). The normalized spacial score (nSPS) is 12.2. The van der Waals surface area contributed by atoms with Gasteiger partial charge in [0.05, 0.1) is 18.0 Å². The smallest absolute Gasteiger partial charge is 0.272 e. The zero-order valence-electron chi connectivity index (χ0n) is 18.4. The molecule has 0 saturated carbocycles. The van der Waals surface area contributed by atoms with Crippen LogP contribution in [0.2, 0.25) is 0 Å². The maximum atomic E-state index is 13.7. The van der Waals surface area contributed by atoms with Gasteiger partial charge in [-0.1, -0.05) is 19.1 Å². The van der Waals surface area contributed by atoms with E-state index in [1.807, 2.05) is 27.7 Å². The first-order valence-electron chi connectivity index (χ1n) is 9.94. The molecule has 2 aromatic rings. The molecule has 0 radical (unpaired) electrons. The van der Waals surface area contributed by atoms with Crippen LogP contribution in [0.5, 0.6) is 5.75 Å². The molecule has 1 atom stereocenters. The molecule has 31 heavy (non-hydrogen) atoms.